The zero-order valence-corrected chi connectivity index (χ0v) is 22.4. The molecular weight excluding hydrogens is 492 g/mol. The molecule has 0 spiro atoms. The number of nitrogens with one attached hydrogen (secondary N) is 4. The first kappa shape index (κ1) is 29.0. The molecule has 1 atom stereocenters. The Morgan fingerprint density at radius 3 is 1.87 bits per heavy atom. The van der Waals surface area contributed by atoms with Gasteiger partial charge < -0.3 is 26.0 Å². The monoisotopic (exact) mass is 528 g/mol. The molecule has 3 aromatic rings. The number of ether oxygens (including phenoxy) is 1. The normalized spacial score (nSPS) is 11.8. The lowest BCUT2D eigenvalue weighted by molar-refractivity contribution is -0.125. The number of amides is 3. The SMILES string of the molecule is CC(C)C[C@H](NC(=O)OCc1ccccc1)C(=O)NC(=CNCc1ccccc1)C(=O)NCc1ccccc1. The molecule has 0 aliphatic carbocycles. The van der Waals surface area contributed by atoms with Gasteiger partial charge in [0.15, 0.2) is 0 Å². The second kappa shape index (κ2) is 15.6. The van der Waals surface area contributed by atoms with E-state index >= 15 is 0 Å². The molecule has 4 N–H and O–H groups in total. The van der Waals surface area contributed by atoms with Gasteiger partial charge in [0.2, 0.25) is 5.91 Å². The summed E-state index contributed by atoms with van der Waals surface area (Å²) in [7, 11) is 0. The maximum atomic E-state index is 13.3. The van der Waals surface area contributed by atoms with Crippen LogP contribution < -0.4 is 21.3 Å². The summed E-state index contributed by atoms with van der Waals surface area (Å²) in [5.41, 5.74) is 2.82. The molecule has 8 heteroatoms. The van der Waals surface area contributed by atoms with Gasteiger partial charge in [-0.2, -0.15) is 0 Å². The molecule has 8 nitrogen and oxygen atoms in total. The van der Waals surface area contributed by atoms with Gasteiger partial charge in [0.05, 0.1) is 0 Å². The molecule has 0 heterocycles. The Hall–Kier alpha value is -4.59. The number of carbonyl (C=O) groups excluding carboxylic acids is 3. The van der Waals surface area contributed by atoms with Gasteiger partial charge in [-0.05, 0) is 29.0 Å². The molecule has 0 aliphatic rings. The molecule has 3 aromatic carbocycles. The van der Waals surface area contributed by atoms with Gasteiger partial charge in [0, 0.05) is 19.3 Å². The van der Waals surface area contributed by atoms with Gasteiger partial charge in [0.25, 0.3) is 5.91 Å². The van der Waals surface area contributed by atoms with E-state index < -0.39 is 23.9 Å². The van der Waals surface area contributed by atoms with Crippen molar-refractivity contribution in [3.8, 4) is 0 Å². The van der Waals surface area contributed by atoms with Crippen molar-refractivity contribution in [2.75, 3.05) is 0 Å². The third kappa shape index (κ3) is 10.7. The summed E-state index contributed by atoms with van der Waals surface area (Å²) in [5, 5.41) is 11.3. The van der Waals surface area contributed by atoms with Crippen LogP contribution in [0.1, 0.15) is 37.0 Å². The van der Waals surface area contributed by atoms with Crippen LogP contribution in [0.4, 0.5) is 4.79 Å². The van der Waals surface area contributed by atoms with Crippen LogP contribution in [0.3, 0.4) is 0 Å². The number of benzene rings is 3. The van der Waals surface area contributed by atoms with Gasteiger partial charge >= 0.3 is 6.09 Å². The van der Waals surface area contributed by atoms with Gasteiger partial charge in [-0.1, -0.05) is 105 Å². The Balaban J connectivity index is 1.67. The lowest BCUT2D eigenvalue weighted by Gasteiger charge is -2.21. The molecule has 39 heavy (non-hydrogen) atoms. The Kier molecular flexibility index (Phi) is 11.6. The van der Waals surface area contributed by atoms with Crippen LogP contribution in [0.15, 0.2) is 103 Å². The molecule has 0 unspecified atom stereocenters. The topological polar surface area (TPSA) is 109 Å². The van der Waals surface area contributed by atoms with Gasteiger partial charge in [0.1, 0.15) is 18.3 Å². The highest BCUT2D eigenvalue weighted by Crippen LogP contribution is 2.08. The van der Waals surface area contributed by atoms with Crippen molar-refractivity contribution in [1.29, 1.82) is 0 Å². The third-order valence-electron chi connectivity index (χ3n) is 5.72. The molecular formula is C31H36N4O4. The van der Waals surface area contributed by atoms with Crippen LogP contribution in [0.5, 0.6) is 0 Å². The van der Waals surface area contributed by atoms with Gasteiger partial charge in [-0.15, -0.1) is 0 Å². The minimum atomic E-state index is -0.896. The Labute approximate surface area is 229 Å². The van der Waals surface area contributed by atoms with Crippen LogP contribution in [0.25, 0.3) is 0 Å². The third-order valence-corrected chi connectivity index (χ3v) is 5.72. The number of hydrogen-bond donors (Lipinski definition) is 4. The fourth-order valence-corrected chi connectivity index (χ4v) is 3.73. The highest BCUT2D eigenvalue weighted by Gasteiger charge is 2.25. The second-order valence-corrected chi connectivity index (χ2v) is 9.47. The summed E-state index contributed by atoms with van der Waals surface area (Å²) >= 11 is 0. The van der Waals surface area contributed by atoms with E-state index in [1.807, 2.05) is 105 Å². The molecule has 0 bridgehead atoms. The molecule has 3 amide bonds. The number of carbonyl (C=O) groups is 3. The average Bonchev–Trinajstić information content (AvgIpc) is 2.95. The second-order valence-electron chi connectivity index (χ2n) is 9.47. The molecule has 204 valence electrons. The van der Waals surface area contributed by atoms with Crippen molar-refractivity contribution in [1.82, 2.24) is 21.3 Å². The zero-order chi connectivity index (χ0) is 27.9. The highest BCUT2D eigenvalue weighted by atomic mass is 16.5. The summed E-state index contributed by atoms with van der Waals surface area (Å²) in [6.07, 6.45) is 1.13. The van der Waals surface area contributed by atoms with E-state index in [0.29, 0.717) is 19.5 Å². The van der Waals surface area contributed by atoms with Crippen LogP contribution in [0.2, 0.25) is 0 Å². The van der Waals surface area contributed by atoms with Crippen molar-refractivity contribution < 1.29 is 19.1 Å². The minimum absolute atomic E-state index is 0.0417. The molecule has 0 saturated carbocycles. The van der Waals surface area contributed by atoms with E-state index in [4.69, 9.17) is 4.74 Å². The van der Waals surface area contributed by atoms with E-state index in [1.165, 1.54) is 6.20 Å². The molecule has 0 aliphatic heterocycles. The fourth-order valence-electron chi connectivity index (χ4n) is 3.73. The van der Waals surface area contributed by atoms with Crippen LogP contribution in [-0.4, -0.2) is 23.9 Å². The first-order valence-corrected chi connectivity index (χ1v) is 13.0. The van der Waals surface area contributed by atoms with Crippen molar-refractivity contribution in [2.45, 2.75) is 46.0 Å². The highest BCUT2D eigenvalue weighted by molar-refractivity contribution is 5.99. The van der Waals surface area contributed by atoms with E-state index in [2.05, 4.69) is 21.3 Å². The van der Waals surface area contributed by atoms with Crippen molar-refractivity contribution in [2.24, 2.45) is 5.92 Å². The predicted octanol–water partition coefficient (Wildman–Crippen LogP) is 4.39. The summed E-state index contributed by atoms with van der Waals surface area (Å²) in [4.78, 5) is 38.9. The predicted molar refractivity (Wildman–Crippen MR) is 151 cm³/mol. The lowest BCUT2D eigenvalue weighted by Crippen LogP contribution is -2.49. The Bertz CT molecular complexity index is 1220. The fraction of sp³-hybridized carbons (Fsp3) is 0.258. The summed E-state index contributed by atoms with van der Waals surface area (Å²) in [6.45, 7) is 4.74. The first-order valence-electron chi connectivity index (χ1n) is 13.0. The Morgan fingerprint density at radius 2 is 1.31 bits per heavy atom. The van der Waals surface area contributed by atoms with Crippen molar-refractivity contribution in [3.63, 3.8) is 0 Å². The summed E-state index contributed by atoms with van der Waals surface area (Å²) in [6, 6.07) is 27.6. The van der Waals surface area contributed by atoms with Crippen LogP contribution >= 0.6 is 0 Å². The maximum Gasteiger partial charge on any atom is 0.408 e. The molecule has 0 aromatic heterocycles. The van der Waals surface area contributed by atoms with E-state index in [1.54, 1.807) is 0 Å². The van der Waals surface area contributed by atoms with E-state index in [0.717, 1.165) is 16.7 Å². The summed E-state index contributed by atoms with van der Waals surface area (Å²) < 4.78 is 5.31. The lowest BCUT2D eigenvalue weighted by atomic mass is 10.0. The largest absolute Gasteiger partial charge is 0.445 e. The van der Waals surface area contributed by atoms with Gasteiger partial charge in [-0.25, -0.2) is 4.79 Å². The van der Waals surface area contributed by atoms with Crippen LogP contribution in [-0.2, 0) is 34.0 Å². The summed E-state index contributed by atoms with van der Waals surface area (Å²) in [5.74, 6) is -0.864. The molecule has 3 rings (SSSR count). The Morgan fingerprint density at radius 1 is 0.769 bits per heavy atom. The first-order chi connectivity index (χ1) is 18.9. The van der Waals surface area contributed by atoms with Gasteiger partial charge in [-0.3, -0.25) is 9.59 Å². The zero-order valence-electron chi connectivity index (χ0n) is 22.4. The standard InChI is InChI=1S/C31H36N4O4/c1-23(2)18-27(35-31(38)39-22-26-16-10-5-11-17-26)30(37)34-28(21-32-19-24-12-6-3-7-13-24)29(36)33-20-25-14-8-4-9-15-25/h3-17,21,23,27,32H,18-20,22H2,1-2H3,(H,33,36)(H,34,37)(H,35,38)/t27-/m0/s1. The number of alkyl carbamates (subject to hydrolysis) is 1. The molecule has 0 fully saturated rings. The van der Waals surface area contributed by atoms with Crippen LogP contribution in [0, 0.1) is 5.92 Å². The minimum Gasteiger partial charge on any atom is -0.445 e. The van der Waals surface area contributed by atoms with Crippen molar-refractivity contribution >= 4 is 17.9 Å². The maximum absolute atomic E-state index is 13.3. The van der Waals surface area contributed by atoms with E-state index in [9.17, 15) is 14.4 Å². The average molecular weight is 529 g/mol. The van der Waals surface area contributed by atoms with Crippen molar-refractivity contribution in [3.05, 3.63) is 120 Å². The quantitative estimate of drug-likeness (QED) is 0.246. The smallest absolute Gasteiger partial charge is 0.408 e. The molecule has 0 saturated heterocycles. The number of rotatable bonds is 13. The van der Waals surface area contributed by atoms with E-state index in [-0.39, 0.29) is 18.2 Å². The number of hydrogen-bond acceptors (Lipinski definition) is 5. The molecule has 0 radical (unpaired) electrons.